The van der Waals surface area contributed by atoms with E-state index < -0.39 is 11.6 Å². The van der Waals surface area contributed by atoms with E-state index in [-0.39, 0.29) is 25.0 Å². The van der Waals surface area contributed by atoms with Crippen molar-refractivity contribution in [3.8, 4) is 11.5 Å². The fraction of sp³-hybridized carbons (Fsp3) is 0.154. The molecule has 0 saturated carbocycles. The fourth-order valence-corrected chi connectivity index (χ4v) is 1.93. The Morgan fingerprint density at radius 3 is 2.67 bits per heavy atom. The summed E-state index contributed by atoms with van der Waals surface area (Å²) in [4.78, 5) is 3.72. The number of hydrogen-bond acceptors (Lipinski definition) is 6. The Kier molecular flexibility index (Phi) is 3.44. The van der Waals surface area contributed by atoms with Gasteiger partial charge in [-0.25, -0.2) is 19.6 Å². The van der Waals surface area contributed by atoms with Crippen molar-refractivity contribution in [3.63, 3.8) is 0 Å². The predicted octanol–water partition coefficient (Wildman–Crippen LogP) is 1.99. The molecular weight excluding hydrogens is 282 g/mol. The molecule has 0 aliphatic carbocycles. The summed E-state index contributed by atoms with van der Waals surface area (Å²) in [5.74, 6) is 4.42. The Bertz CT molecular complexity index is 681. The molecule has 0 atom stereocenters. The van der Waals surface area contributed by atoms with E-state index in [2.05, 4.69) is 15.7 Å². The number of hydrogen-bond donors (Lipinski definition) is 3. The van der Waals surface area contributed by atoms with Gasteiger partial charge in [0.15, 0.2) is 34.8 Å². The third kappa shape index (κ3) is 2.65. The highest BCUT2D eigenvalue weighted by Gasteiger charge is 2.14. The number of pyridine rings is 1. The second kappa shape index (κ2) is 5.41. The highest BCUT2D eigenvalue weighted by molar-refractivity contribution is 5.49. The summed E-state index contributed by atoms with van der Waals surface area (Å²) in [5, 5.41) is 2.78. The monoisotopic (exact) mass is 294 g/mol. The van der Waals surface area contributed by atoms with Gasteiger partial charge in [-0.1, -0.05) is 6.07 Å². The van der Waals surface area contributed by atoms with E-state index in [1.807, 2.05) is 6.07 Å². The topological polar surface area (TPSA) is 81.4 Å². The fourth-order valence-electron chi connectivity index (χ4n) is 1.93. The smallest absolute Gasteiger partial charge is 0.231 e. The van der Waals surface area contributed by atoms with Crippen LogP contribution in [0, 0.1) is 11.6 Å². The van der Waals surface area contributed by atoms with Crippen LogP contribution in [0.3, 0.4) is 0 Å². The molecule has 1 aliphatic heterocycles. The molecule has 0 saturated heterocycles. The molecule has 0 fully saturated rings. The van der Waals surface area contributed by atoms with Crippen molar-refractivity contribution in [2.45, 2.75) is 6.54 Å². The summed E-state index contributed by atoms with van der Waals surface area (Å²) in [5.41, 5.74) is 2.91. The van der Waals surface area contributed by atoms with E-state index in [0.717, 1.165) is 5.56 Å². The first-order chi connectivity index (χ1) is 10.2. The van der Waals surface area contributed by atoms with Gasteiger partial charge in [-0.2, -0.15) is 0 Å². The lowest BCUT2D eigenvalue weighted by Gasteiger charge is -2.09. The van der Waals surface area contributed by atoms with Gasteiger partial charge in [-0.3, -0.25) is 0 Å². The molecule has 2 aromatic rings. The van der Waals surface area contributed by atoms with Crippen LogP contribution in [-0.4, -0.2) is 11.8 Å². The van der Waals surface area contributed by atoms with Crippen molar-refractivity contribution in [2.24, 2.45) is 5.84 Å². The SMILES string of the molecule is NNc1nc(NCc2ccc3c(c2)OCO3)c(F)cc1F. The van der Waals surface area contributed by atoms with Gasteiger partial charge in [-0.15, -0.1) is 0 Å². The summed E-state index contributed by atoms with van der Waals surface area (Å²) in [7, 11) is 0. The number of halogens is 2. The molecule has 0 bridgehead atoms. The molecule has 1 aliphatic rings. The second-order valence-corrected chi connectivity index (χ2v) is 4.33. The number of anilines is 2. The van der Waals surface area contributed by atoms with Gasteiger partial charge in [0.2, 0.25) is 6.79 Å². The van der Waals surface area contributed by atoms with Gasteiger partial charge in [0, 0.05) is 12.6 Å². The van der Waals surface area contributed by atoms with E-state index in [1.54, 1.807) is 12.1 Å². The van der Waals surface area contributed by atoms with Gasteiger partial charge in [0.1, 0.15) is 0 Å². The average Bonchev–Trinajstić information content (AvgIpc) is 2.94. The molecule has 0 radical (unpaired) electrons. The zero-order valence-electron chi connectivity index (χ0n) is 10.8. The van der Waals surface area contributed by atoms with E-state index in [0.29, 0.717) is 17.6 Å². The molecule has 0 spiro atoms. The third-order valence-electron chi connectivity index (χ3n) is 2.96. The second-order valence-electron chi connectivity index (χ2n) is 4.33. The summed E-state index contributed by atoms with van der Waals surface area (Å²) < 4.78 is 37.3. The molecule has 1 aromatic heterocycles. The molecule has 4 N–H and O–H groups in total. The minimum Gasteiger partial charge on any atom is -0.454 e. The van der Waals surface area contributed by atoms with Crippen molar-refractivity contribution in [1.82, 2.24) is 4.98 Å². The summed E-state index contributed by atoms with van der Waals surface area (Å²) in [6, 6.07) is 6.06. The lowest BCUT2D eigenvalue weighted by atomic mass is 10.2. The number of nitrogens with zero attached hydrogens (tertiary/aromatic N) is 1. The van der Waals surface area contributed by atoms with Gasteiger partial charge in [0.25, 0.3) is 0 Å². The Morgan fingerprint density at radius 1 is 1.10 bits per heavy atom. The first-order valence-electron chi connectivity index (χ1n) is 6.12. The highest BCUT2D eigenvalue weighted by Crippen LogP contribution is 2.32. The normalized spacial score (nSPS) is 12.3. The van der Waals surface area contributed by atoms with Crippen molar-refractivity contribution >= 4 is 11.6 Å². The third-order valence-corrected chi connectivity index (χ3v) is 2.96. The summed E-state index contributed by atoms with van der Waals surface area (Å²) in [6.45, 7) is 0.474. The number of ether oxygens (including phenoxy) is 2. The van der Waals surface area contributed by atoms with Gasteiger partial charge in [0.05, 0.1) is 0 Å². The van der Waals surface area contributed by atoms with Crippen molar-refractivity contribution in [1.29, 1.82) is 0 Å². The number of nitrogens with one attached hydrogen (secondary N) is 2. The number of nitrogens with two attached hydrogens (primary N) is 1. The Morgan fingerprint density at radius 2 is 1.86 bits per heavy atom. The number of nitrogen functional groups attached to an aromatic ring is 1. The number of aromatic nitrogens is 1. The quantitative estimate of drug-likeness (QED) is 0.591. The van der Waals surface area contributed by atoms with Crippen LogP contribution in [0.25, 0.3) is 0 Å². The van der Waals surface area contributed by atoms with E-state index in [1.165, 1.54) is 0 Å². The number of rotatable bonds is 4. The molecule has 2 heterocycles. The van der Waals surface area contributed by atoms with Crippen LogP contribution < -0.4 is 26.1 Å². The van der Waals surface area contributed by atoms with Crippen molar-refractivity contribution in [2.75, 3.05) is 17.5 Å². The molecule has 3 rings (SSSR count). The minimum absolute atomic E-state index is 0.0954. The predicted molar refractivity (Wildman–Crippen MR) is 71.9 cm³/mol. The van der Waals surface area contributed by atoms with Gasteiger partial charge < -0.3 is 20.2 Å². The molecule has 6 nitrogen and oxygen atoms in total. The maximum Gasteiger partial charge on any atom is 0.231 e. The highest BCUT2D eigenvalue weighted by atomic mass is 19.1. The van der Waals surface area contributed by atoms with Crippen LogP contribution in [0.5, 0.6) is 11.5 Å². The lowest BCUT2D eigenvalue weighted by molar-refractivity contribution is 0.174. The molecule has 0 unspecified atom stereocenters. The maximum atomic E-state index is 13.6. The van der Waals surface area contributed by atoms with Crippen molar-refractivity contribution in [3.05, 3.63) is 41.5 Å². The zero-order chi connectivity index (χ0) is 14.8. The molecule has 8 heteroatoms. The molecular formula is C13H12F2N4O2. The molecule has 1 aromatic carbocycles. The molecule has 110 valence electrons. The lowest BCUT2D eigenvalue weighted by Crippen LogP contribution is -2.13. The molecule has 21 heavy (non-hydrogen) atoms. The first kappa shape index (κ1) is 13.4. The maximum absolute atomic E-state index is 13.6. The van der Waals surface area contributed by atoms with Crippen LogP contribution in [0.1, 0.15) is 5.56 Å². The van der Waals surface area contributed by atoms with Crippen LogP contribution in [0.4, 0.5) is 20.4 Å². The van der Waals surface area contributed by atoms with Crippen LogP contribution in [-0.2, 0) is 6.54 Å². The largest absolute Gasteiger partial charge is 0.454 e. The Balaban J connectivity index is 1.75. The average molecular weight is 294 g/mol. The number of fused-ring (bicyclic) bond motifs is 1. The van der Waals surface area contributed by atoms with Crippen LogP contribution in [0.2, 0.25) is 0 Å². The van der Waals surface area contributed by atoms with Gasteiger partial charge >= 0.3 is 0 Å². The zero-order valence-corrected chi connectivity index (χ0v) is 10.8. The summed E-state index contributed by atoms with van der Waals surface area (Å²) in [6.07, 6.45) is 0. The number of benzene rings is 1. The summed E-state index contributed by atoms with van der Waals surface area (Å²) >= 11 is 0. The minimum atomic E-state index is -0.858. The Labute approximate surface area is 118 Å². The standard InChI is InChI=1S/C13H12F2N4O2/c14-8-4-9(15)13(19-16)18-12(8)17-5-7-1-2-10-11(3-7)21-6-20-10/h1-4H,5-6,16H2,(H2,17,18,19). The molecule has 0 amide bonds. The Hall–Kier alpha value is -2.61. The van der Waals surface area contributed by atoms with Crippen molar-refractivity contribution < 1.29 is 18.3 Å². The van der Waals surface area contributed by atoms with Gasteiger partial charge in [-0.05, 0) is 17.7 Å². The van der Waals surface area contributed by atoms with E-state index in [9.17, 15) is 8.78 Å². The van der Waals surface area contributed by atoms with E-state index in [4.69, 9.17) is 15.3 Å². The van der Waals surface area contributed by atoms with Crippen LogP contribution in [0.15, 0.2) is 24.3 Å². The number of hydrazine groups is 1. The van der Waals surface area contributed by atoms with Crippen LogP contribution >= 0.6 is 0 Å². The van der Waals surface area contributed by atoms with E-state index >= 15 is 0 Å². The first-order valence-corrected chi connectivity index (χ1v) is 6.12.